The third-order valence-electron chi connectivity index (χ3n) is 4.34. The van der Waals surface area contributed by atoms with Crippen LogP contribution in [-0.2, 0) is 0 Å². The van der Waals surface area contributed by atoms with E-state index in [1.54, 1.807) is 0 Å². The van der Waals surface area contributed by atoms with Crippen LogP contribution in [0.3, 0.4) is 0 Å². The normalized spacial score (nSPS) is 21.9. The number of pyridine rings is 1. The summed E-state index contributed by atoms with van der Waals surface area (Å²) in [5.41, 5.74) is 1.61. The van der Waals surface area contributed by atoms with Crippen molar-refractivity contribution in [2.24, 2.45) is 5.92 Å². The lowest BCUT2D eigenvalue weighted by atomic mass is 9.86. The Morgan fingerprint density at radius 3 is 2.86 bits per heavy atom. The molecule has 1 heterocycles. The molecule has 4 nitrogen and oxygen atoms in total. The topological polar surface area (TPSA) is 45.2 Å². The Hall–Kier alpha value is -1.58. The van der Waals surface area contributed by atoms with Gasteiger partial charge in [-0.25, -0.2) is 4.98 Å². The fraction of sp³-hybridized carbons (Fsp3) is 0.647. The number of anilines is 1. The van der Waals surface area contributed by atoms with E-state index in [9.17, 15) is 4.79 Å². The van der Waals surface area contributed by atoms with Crippen molar-refractivity contribution in [1.82, 2.24) is 9.88 Å². The maximum atomic E-state index is 12.7. The van der Waals surface area contributed by atoms with Gasteiger partial charge in [-0.3, -0.25) is 4.79 Å². The summed E-state index contributed by atoms with van der Waals surface area (Å²) in [5.74, 6) is 1.61. The van der Waals surface area contributed by atoms with Crippen LogP contribution in [-0.4, -0.2) is 35.4 Å². The molecule has 1 aliphatic carbocycles. The highest BCUT2D eigenvalue weighted by atomic mass is 16.2. The Bertz CT molecular complexity index is 501. The van der Waals surface area contributed by atoms with Crippen LogP contribution in [0.15, 0.2) is 12.1 Å². The van der Waals surface area contributed by atoms with Gasteiger partial charge in [0.25, 0.3) is 5.91 Å². The van der Waals surface area contributed by atoms with Crippen molar-refractivity contribution in [3.8, 4) is 0 Å². The fourth-order valence-electron chi connectivity index (χ4n) is 3.19. The monoisotopic (exact) mass is 289 g/mol. The van der Waals surface area contributed by atoms with Crippen LogP contribution >= 0.6 is 0 Å². The Balaban J connectivity index is 2.14. The second-order valence-electron chi connectivity index (χ2n) is 6.25. The van der Waals surface area contributed by atoms with E-state index in [0.717, 1.165) is 42.4 Å². The average Bonchev–Trinajstić information content (AvgIpc) is 2.45. The summed E-state index contributed by atoms with van der Waals surface area (Å²) in [4.78, 5) is 19.1. The van der Waals surface area contributed by atoms with Gasteiger partial charge in [-0.05, 0) is 44.7 Å². The number of aryl methyl sites for hydroxylation is 1. The van der Waals surface area contributed by atoms with Gasteiger partial charge in [-0.15, -0.1) is 0 Å². The van der Waals surface area contributed by atoms with Gasteiger partial charge >= 0.3 is 0 Å². The van der Waals surface area contributed by atoms with Gasteiger partial charge in [0.05, 0.1) is 0 Å². The van der Waals surface area contributed by atoms with Crippen LogP contribution in [0.4, 0.5) is 5.82 Å². The number of nitrogens with one attached hydrogen (secondary N) is 1. The number of hydrogen-bond donors (Lipinski definition) is 1. The molecular weight excluding hydrogens is 262 g/mol. The Morgan fingerprint density at radius 2 is 2.19 bits per heavy atom. The van der Waals surface area contributed by atoms with Gasteiger partial charge in [0, 0.05) is 30.9 Å². The van der Waals surface area contributed by atoms with E-state index in [-0.39, 0.29) is 5.91 Å². The van der Waals surface area contributed by atoms with Crippen LogP contribution < -0.4 is 5.32 Å². The first-order valence-corrected chi connectivity index (χ1v) is 8.01. The molecule has 1 aromatic heterocycles. The lowest BCUT2D eigenvalue weighted by Crippen LogP contribution is -2.39. The molecule has 116 valence electrons. The maximum Gasteiger partial charge on any atom is 0.254 e. The number of rotatable bonds is 4. The molecular formula is C17H27N3O. The van der Waals surface area contributed by atoms with Gasteiger partial charge in [-0.2, -0.15) is 0 Å². The molecule has 21 heavy (non-hydrogen) atoms. The molecule has 1 aromatic rings. The van der Waals surface area contributed by atoms with Crippen molar-refractivity contribution in [3.63, 3.8) is 0 Å². The molecule has 0 aromatic carbocycles. The largest absolute Gasteiger partial charge is 0.370 e. The summed E-state index contributed by atoms with van der Waals surface area (Å²) in [5, 5.41) is 3.19. The minimum atomic E-state index is 0.110. The van der Waals surface area contributed by atoms with Crippen molar-refractivity contribution in [2.75, 3.05) is 18.9 Å². The molecule has 4 heteroatoms. The molecule has 2 unspecified atom stereocenters. The highest BCUT2D eigenvalue weighted by molar-refractivity contribution is 5.95. The summed E-state index contributed by atoms with van der Waals surface area (Å²) < 4.78 is 0. The predicted octanol–water partition coefficient (Wildman–Crippen LogP) is 3.47. The lowest BCUT2D eigenvalue weighted by Gasteiger charge is -2.34. The summed E-state index contributed by atoms with van der Waals surface area (Å²) in [6.45, 7) is 7.05. The Labute approximate surface area is 127 Å². The first kappa shape index (κ1) is 15.8. The molecule has 1 amide bonds. The Kier molecular flexibility index (Phi) is 5.21. The highest BCUT2D eigenvalue weighted by Crippen LogP contribution is 2.27. The summed E-state index contributed by atoms with van der Waals surface area (Å²) in [7, 11) is 1.94. The summed E-state index contributed by atoms with van der Waals surface area (Å²) in [6.07, 6.45) is 4.75. The third-order valence-corrected chi connectivity index (χ3v) is 4.34. The van der Waals surface area contributed by atoms with E-state index in [4.69, 9.17) is 0 Å². The number of hydrogen-bond acceptors (Lipinski definition) is 3. The molecule has 0 saturated heterocycles. The zero-order chi connectivity index (χ0) is 15.4. The highest BCUT2D eigenvalue weighted by Gasteiger charge is 2.26. The number of carbonyl (C=O) groups is 1. The van der Waals surface area contributed by atoms with E-state index in [1.807, 2.05) is 37.9 Å². The molecule has 1 saturated carbocycles. The lowest BCUT2D eigenvalue weighted by molar-refractivity contribution is 0.0672. The minimum absolute atomic E-state index is 0.110. The van der Waals surface area contributed by atoms with Crippen LogP contribution in [0.2, 0.25) is 0 Å². The molecule has 0 spiro atoms. The van der Waals surface area contributed by atoms with Crippen LogP contribution in [0.1, 0.15) is 55.6 Å². The van der Waals surface area contributed by atoms with E-state index in [2.05, 4.69) is 17.2 Å². The predicted molar refractivity (Wildman–Crippen MR) is 86.7 cm³/mol. The van der Waals surface area contributed by atoms with Crippen molar-refractivity contribution in [3.05, 3.63) is 23.4 Å². The van der Waals surface area contributed by atoms with Crippen molar-refractivity contribution < 1.29 is 4.79 Å². The number of nitrogens with zero attached hydrogens (tertiary/aromatic N) is 2. The standard InChI is InChI=1S/C17H27N3O/c1-5-18-16-11-14(10-13(3)19-16)17(21)20(4)15-8-6-7-12(2)9-15/h10-12,15H,5-9H2,1-4H3,(H,18,19). The van der Waals surface area contributed by atoms with Crippen LogP contribution in [0, 0.1) is 12.8 Å². The van der Waals surface area contributed by atoms with E-state index >= 15 is 0 Å². The molecule has 2 atom stereocenters. The van der Waals surface area contributed by atoms with Gasteiger partial charge in [0.1, 0.15) is 5.82 Å². The van der Waals surface area contributed by atoms with Crippen molar-refractivity contribution in [2.45, 2.75) is 52.5 Å². The first-order chi connectivity index (χ1) is 10.0. The smallest absolute Gasteiger partial charge is 0.254 e. The molecule has 1 aliphatic rings. The third kappa shape index (κ3) is 3.96. The van der Waals surface area contributed by atoms with Crippen molar-refractivity contribution in [1.29, 1.82) is 0 Å². The number of amides is 1. The molecule has 0 aliphatic heterocycles. The van der Waals surface area contributed by atoms with Gasteiger partial charge < -0.3 is 10.2 Å². The Morgan fingerprint density at radius 1 is 1.43 bits per heavy atom. The van der Waals surface area contributed by atoms with Gasteiger partial charge in [-0.1, -0.05) is 19.8 Å². The molecule has 2 rings (SSSR count). The maximum absolute atomic E-state index is 12.7. The SMILES string of the molecule is CCNc1cc(C(=O)N(C)C2CCCC(C)C2)cc(C)n1. The van der Waals surface area contributed by atoms with Crippen molar-refractivity contribution >= 4 is 11.7 Å². The van der Waals surface area contributed by atoms with Gasteiger partial charge in [0.2, 0.25) is 0 Å². The minimum Gasteiger partial charge on any atom is -0.370 e. The quantitative estimate of drug-likeness (QED) is 0.923. The summed E-state index contributed by atoms with van der Waals surface area (Å²) in [6, 6.07) is 4.12. The van der Waals surface area contributed by atoms with Crippen LogP contribution in [0.5, 0.6) is 0 Å². The summed E-state index contributed by atoms with van der Waals surface area (Å²) >= 11 is 0. The molecule has 1 fully saturated rings. The number of carbonyl (C=O) groups excluding carboxylic acids is 1. The van der Waals surface area contributed by atoms with Gasteiger partial charge in [0.15, 0.2) is 0 Å². The van der Waals surface area contributed by atoms with E-state index in [1.165, 1.54) is 12.8 Å². The molecule has 1 N–H and O–H groups in total. The molecule has 0 bridgehead atoms. The average molecular weight is 289 g/mol. The zero-order valence-corrected chi connectivity index (χ0v) is 13.6. The fourth-order valence-corrected chi connectivity index (χ4v) is 3.19. The zero-order valence-electron chi connectivity index (χ0n) is 13.6. The van der Waals surface area contributed by atoms with Crippen LogP contribution in [0.25, 0.3) is 0 Å². The van der Waals surface area contributed by atoms with E-state index in [0.29, 0.717) is 6.04 Å². The second kappa shape index (κ2) is 6.92. The van der Waals surface area contributed by atoms with E-state index < -0.39 is 0 Å². The number of aromatic nitrogens is 1. The molecule has 0 radical (unpaired) electrons. The second-order valence-corrected chi connectivity index (χ2v) is 6.25. The first-order valence-electron chi connectivity index (χ1n) is 8.01.